The normalized spacial score (nSPS) is 11.3. The molecule has 0 atom stereocenters. The first kappa shape index (κ1) is 12.7. The number of halogens is 1. The van der Waals surface area contributed by atoms with Crippen molar-refractivity contribution in [1.29, 1.82) is 0 Å². The summed E-state index contributed by atoms with van der Waals surface area (Å²) < 4.78 is 16.7. The fourth-order valence-corrected chi connectivity index (χ4v) is 2.69. The van der Waals surface area contributed by atoms with Gasteiger partial charge in [-0.2, -0.15) is 0 Å². The first-order valence-corrected chi connectivity index (χ1v) is 6.85. The van der Waals surface area contributed by atoms with Crippen molar-refractivity contribution in [2.24, 2.45) is 0 Å². The van der Waals surface area contributed by atoms with E-state index in [1.807, 2.05) is 18.2 Å². The van der Waals surface area contributed by atoms with E-state index in [1.165, 1.54) is 12.1 Å². The van der Waals surface area contributed by atoms with Crippen molar-refractivity contribution in [3.8, 4) is 0 Å². The van der Waals surface area contributed by atoms with Gasteiger partial charge in [0.25, 0.3) is 5.65 Å². The van der Waals surface area contributed by atoms with Crippen LogP contribution in [0.1, 0.15) is 5.56 Å². The molecular formula is C16H12FN4O+. The minimum atomic E-state index is -0.317. The van der Waals surface area contributed by atoms with Gasteiger partial charge in [-0.15, -0.1) is 9.73 Å². The Morgan fingerprint density at radius 3 is 2.91 bits per heavy atom. The number of aromatic nitrogens is 4. The Balaban J connectivity index is 2.01. The van der Waals surface area contributed by atoms with Crippen LogP contribution < -0.4 is 10.1 Å². The number of hydrogen-bond acceptors (Lipinski definition) is 2. The molecule has 5 nitrogen and oxygen atoms in total. The van der Waals surface area contributed by atoms with E-state index in [2.05, 4.69) is 10.3 Å². The van der Waals surface area contributed by atoms with E-state index in [9.17, 15) is 9.18 Å². The molecule has 1 N–H and O–H groups in total. The number of fused-ring (bicyclic) bond motifs is 3. The van der Waals surface area contributed by atoms with E-state index in [0.717, 1.165) is 11.1 Å². The second kappa shape index (κ2) is 4.77. The van der Waals surface area contributed by atoms with Gasteiger partial charge in [-0.3, -0.25) is 4.79 Å². The van der Waals surface area contributed by atoms with Gasteiger partial charge in [0.2, 0.25) is 6.20 Å². The SMILES string of the molecule is O=c1c2ccccc2[n+]2[nH]ncc2n1Cc1cccc(F)c1. The highest BCUT2D eigenvalue weighted by molar-refractivity contribution is 5.75. The molecule has 4 aromatic rings. The highest BCUT2D eigenvalue weighted by Gasteiger charge is 2.18. The van der Waals surface area contributed by atoms with E-state index in [1.54, 1.807) is 33.5 Å². The van der Waals surface area contributed by atoms with Gasteiger partial charge in [0.15, 0.2) is 0 Å². The monoisotopic (exact) mass is 295 g/mol. The number of H-pyrrole nitrogens is 1. The van der Waals surface area contributed by atoms with Crippen molar-refractivity contribution in [2.75, 3.05) is 0 Å². The molecule has 0 aliphatic heterocycles. The lowest BCUT2D eigenvalue weighted by atomic mass is 10.2. The fraction of sp³-hybridized carbons (Fsp3) is 0.0625. The average molecular weight is 295 g/mol. The van der Waals surface area contributed by atoms with Gasteiger partial charge in [0.05, 0.1) is 11.9 Å². The Bertz CT molecular complexity index is 1050. The predicted molar refractivity (Wildman–Crippen MR) is 79.0 cm³/mol. The Morgan fingerprint density at radius 1 is 1.18 bits per heavy atom. The minimum Gasteiger partial charge on any atom is -0.250 e. The Labute approximate surface area is 124 Å². The van der Waals surface area contributed by atoms with Gasteiger partial charge >= 0.3 is 5.56 Å². The van der Waals surface area contributed by atoms with Gasteiger partial charge in [-0.25, -0.2) is 8.96 Å². The maximum absolute atomic E-state index is 13.4. The van der Waals surface area contributed by atoms with E-state index < -0.39 is 0 Å². The van der Waals surface area contributed by atoms with Gasteiger partial charge in [0, 0.05) is 0 Å². The maximum atomic E-state index is 13.4. The molecule has 0 amide bonds. The van der Waals surface area contributed by atoms with Crippen molar-refractivity contribution >= 4 is 16.6 Å². The molecule has 0 saturated carbocycles. The molecular weight excluding hydrogens is 283 g/mol. The molecule has 0 unspecified atom stereocenters. The van der Waals surface area contributed by atoms with Crippen LogP contribution in [-0.4, -0.2) is 14.9 Å². The van der Waals surface area contributed by atoms with Crippen molar-refractivity contribution in [3.05, 3.63) is 76.5 Å². The highest BCUT2D eigenvalue weighted by atomic mass is 19.1. The third-order valence-corrected chi connectivity index (χ3v) is 3.69. The summed E-state index contributed by atoms with van der Waals surface area (Å²) in [6, 6.07) is 13.6. The van der Waals surface area contributed by atoms with E-state index in [0.29, 0.717) is 11.0 Å². The lowest BCUT2D eigenvalue weighted by Crippen LogP contribution is -2.35. The van der Waals surface area contributed by atoms with Crippen LogP contribution in [0.4, 0.5) is 4.39 Å². The largest absolute Gasteiger partial charge is 0.318 e. The predicted octanol–water partition coefficient (Wildman–Crippen LogP) is 1.65. The van der Waals surface area contributed by atoms with Crippen LogP contribution in [0.5, 0.6) is 0 Å². The summed E-state index contributed by atoms with van der Waals surface area (Å²) in [6.07, 6.45) is 1.59. The second-order valence-electron chi connectivity index (χ2n) is 5.09. The summed E-state index contributed by atoms with van der Waals surface area (Å²) in [4.78, 5) is 12.7. The molecule has 0 aliphatic carbocycles. The van der Waals surface area contributed by atoms with E-state index in [-0.39, 0.29) is 17.9 Å². The van der Waals surface area contributed by atoms with Crippen LogP contribution in [0.3, 0.4) is 0 Å². The molecule has 2 heterocycles. The summed E-state index contributed by atoms with van der Waals surface area (Å²) >= 11 is 0. The molecule has 0 aliphatic rings. The number of rotatable bonds is 2. The molecule has 2 aromatic heterocycles. The number of benzene rings is 2. The number of aromatic amines is 1. The van der Waals surface area contributed by atoms with Crippen molar-refractivity contribution in [2.45, 2.75) is 6.54 Å². The average Bonchev–Trinajstić information content (AvgIpc) is 3.01. The number of nitrogens with one attached hydrogen (secondary N) is 1. The highest BCUT2D eigenvalue weighted by Crippen LogP contribution is 2.09. The number of para-hydroxylation sites is 1. The summed E-state index contributed by atoms with van der Waals surface area (Å²) in [7, 11) is 0. The van der Waals surface area contributed by atoms with Crippen LogP contribution in [0, 0.1) is 5.82 Å². The lowest BCUT2D eigenvalue weighted by Gasteiger charge is -2.05. The Hall–Kier alpha value is -3.02. The van der Waals surface area contributed by atoms with Crippen LogP contribution in [-0.2, 0) is 6.54 Å². The van der Waals surface area contributed by atoms with E-state index in [4.69, 9.17) is 0 Å². The molecule has 0 bridgehead atoms. The number of hydrogen-bond donors (Lipinski definition) is 1. The Morgan fingerprint density at radius 2 is 2.05 bits per heavy atom. The zero-order valence-corrected chi connectivity index (χ0v) is 11.5. The van der Waals surface area contributed by atoms with Crippen LogP contribution in [0.25, 0.3) is 16.6 Å². The smallest absolute Gasteiger partial charge is 0.250 e. The summed E-state index contributed by atoms with van der Waals surface area (Å²) in [5.41, 5.74) is 1.99. The third kappa shape index (κ3) is 1.88. The molecule has 2 aromatic carbocycles. The first-order valence-electron chi connectivity index (χ1n) is 6.85. The molecule has 0 saturated heterocycles. The molecule has 22 heavy (non-hydrogen) atoms. The fourth-order valence-electron chi connectivity index (χ4n) is 2.69. The topological polar surface area (TPSA) is 54.8 Å². The molecule has 6 heteroatoms. The summed E-state index contributed by atoms with van der Waals surface area (Å²) in [5.74, 6) is -0.317. The number of nitrogens with zero attached hydrogens (tertiary/aromatic N) is 3. The molecule has 0 radical (unpaired) electrons. The quantitative estimate of drug-likeness (QED) is 0.572. The zero-order valence-electron chi connectivity index (χ0n) is 11.5. The standard InChI is InChI=1S/C16H11FN4O/c17-12-5-3-4-11(8-12)10-20-15-9-18-19-21(15)14-7-2-1-6-13(14)16(20)22/h1-9H,10H2/p+1. The van der Waals surface area contributed by atoms with Crippen molar-refractivity contribution < 1.29 is 8.91 Å². The van der Waals surface area contributed by atoms with Crippen molar-refractivity contribution in [1.82, 2.24) is 14.9 Å². The molecule has 4 rings (SSSR count). The van der Waals surface area contributed by atoms with Gasteiger partial charge in [-0.1, -0.05) is 24.3 Å². The second-order valence-corrected chi connectivity index (χ2v) is 5.09. The molecule has 0 spiro atoms. The summed E-state index contributed by atoms with van der Waals surface area (Å²) in [6.45, 7) is 0.282. The first-order chi connectivity index (χ1) is 10.7. The van der Waals surface area contributed by atoms with Crippen molar-refractivity contribution in [3.63, 3.8) is 0 Å². The molecule has 0 fully saturated rings. The van der Waals surface area contributed by atoms with Crippen LogP contribution >= 0.6 is 0 Å². The third-order valence-electron chi connectivity index (χ3n) is 3.69. The zero-order chi connectivity index (χ0) is 15.1. The minimum absolute atomic E-state index is 0.124. The summed E-state index contributed by atoms with van der Waals surface area (Å²) in [5, 5.41) is 7.46. The van der Waals surface area contributed by atoms with Crippen LogP contribution in [0.2, 0.25) is 0 Å². The van der Waals surface area contributed by atoms with Gasteiger partial charge in [0.1, 0.15) is 11.3 Å². The Kier molecular flexibility index (Phi) is 2.75. The van der Waals surface area contributed by atoms with Crippen LogP contribution in [0.15, 0.2) is 59.5 Å². The lowest BCUT2D eigenvalue weighted by molar-refractivity contribution is -0.557. The van der Waals surface area contributed by atoms with Gasteiger partial charge in [-0.05, 0) is 34.9 Å². The molecule has 108 valence electrons. The van der Waals surface area contributed by atoms with E-state index >= 15 is 0 Å². The maximum Gasteiger partial charge on any atom is 0.318 e. The van der Waals surface area contributed by atoms with Gasteiger partial charge < -0.3 is 0 Å².